The zero-order chi connectivity index (χ0) is 10.3. The summed E-state index contributed by atoms with van der Waals surface area (Å²) in [6.07, 6.45) is 9.01. The highest BCUT2D eigenvalue weighted by Crippen LogP contribution is 2.42. The second kappa shape index (κ2) is 3.45. The first-order chi connectivity index (χ1) is 7.33. The predicted molar refractivity (Wildman–Crippen MR) is 57.0 cm³/mol. The van der Waals surface area contributed by atoms with Crippen LogP contribution in [-0.2, 0) is 13.6 Å². The Morgan fingerprint density at radius 2 is 2.53 bits per heavy atom. The molecule has 15 heavy (non-hydrogen) atoms. The van der Waals surface area contributed by atoms with Crippen molar-refractivity contribution in [1.82, 2.24) is 20.1 Å². The molecule has 3 atom stereocenters. The second-order valence-electron chi connectivity index (χ2n) is 4.56. The van der Waals surface area contributed by atoms with Crippen LogP contribution in [-0.4, -0.2) is 20.8 Å². The molecule has 0 aromatic carbocycles. The van der Waals surface area contributed by atoms with Crippen molar-refractivity contribution in [2.75, 3.05) is 0 Å². The number of aromatic nitrogens is 3. The van der Waals surface area contributed by atoms with Crippen molar-refractivity contribution in [2.45, 2.75) is 25.4 Å². The van der Waals surface area contributed by atoms with Crippen LogP contribution in [0.5, 0.6) is 0 Å². The van der Waals surface area contributed by atoms with Crippen LogP contribution in [0.15, 0.2) is 18.5 Å². The van der Waals surface area contributed by atoms with Crippen molar-refractivity contribution in [1.29, 1.82) is 0 Å². The average molecular weight is 204 g/mol. The van der Waals surface area contributed by atoms with Gasteiger partial charge in [-0.05, 0) is 24.7 Å². The van der Waals surface area contributed by atoms with Crippen LogP contribution >= 0.6 is 0 Å². The molecule has 1 aromatic heterocycles. The van der Waals surface area contributed by atoms with Crippen LogP contribution in [0.4, 0.5) is 0 Å². The fraction of sp³-hybridized carbons (Fsp3) is 0.636. The Morgan fingerprint density at radius 3 is 3.27 bits per heavy atom. The number of allylic oxidation sites excluding steroid dienone is 1. The number of nitrogens with one attached hydrogen (secondary N) is 1. The molecule has 0 amide bonds. The molecule has 80 valence electrons. The molecule has 2 aliphatic rings. The first-order valence-electron chi connectivity index (χ1n) is 5.57. The van der Waals surface area contributed by atoms with Gasteiger partial charge in [0.15, 0.2) is 5.82 Å². The lowest BCUT2D eigenvalue weighted by Gasteiger charge is -2.40. The lowest BCUT2D eigenvalue weighted by molar-refractivity contribution is 0.161. The maximum absolute atomic E-state index is 4.25. The molecule has 4 nitrogen and oxygen atoms in total. The Labute approximate surface area is 89.4 Å². The molecule has 0 spiro atoms. The molecule has 2 aliphatic carbocycles. The van der Waals surface area contributed by atoms with Crippen molar-refractivity contribution in [2.24, 2.45) is 18.9 Å². The van der Waals surface area contributed by atoms with Gasteiger partial charge in [-0.1, -0.05) is 12.2 Å². The number of nitrogens with zero attached hydrogens (tertiary/aromatic N) is 3. The van der Waals surface area contributed by atoms with Crippen molar-refractivity contribution >= 4 is 0 Å². The first kappa shape index (κ1) is 9.09. The Bertz CT molecular complexity index is 382. The topological polar surface area (TPSA) is 42.7 Å². The molecule has 3 unspecified atom stereocenters. The third kappa shape index (κ3) is 1.59. The summed E-state index contributed by atoms with van der Waals surface area (Å²) in [7, 11) is 1.90. The molecule has 1 saturated carbocycles. The average Bonchev–Trinajstić information content (AvgIpc) is 2.75. The van der Waals surface area contributed by atoms with Crippen LogP contribution in [0.2, 0.25) is 0 Å². The van der Waals surface area contributed by atoms with E-state index in [0.717, 1.165) is 24.2 Å². The highest BCUT2D eigenvalue weighted by molar-refractivity contribution is 5.12. The summed E-state index contributed by atoms with van der Waals surface area (Å²) in [4.78, 5) is 4.20. The van der Waals surface area contributed by atoms with Crippen LogP contribution in [0, 0.1) is 11.8 Å². The normalized spacial score (nSPS) is 32.7. The zero-order valence-corrected chi connectivity index (χ0v) is 8.93. The number of fused-ring (bicyclic) bond motifs is 1. The fourth-order valence-corrected chi connectivity index (χ4v) is 2.63. The lowest BCUT2D eigenvalue weighted by Crippen LogP contribution is -2.47. The predicted octanol–water partition coefficient (Wildman–Crippen LogP) is 0.869. The Balaban J connectivity index is 1.53. The van der Waals surface area contributed by atoms with E-state index in [9.17, 15) is 0 Å². The van der Waals surface area contributed by atoms with Crippen LogP contribution in [0.3, 0.4) is 0 Å². The number of hydrogen-bond acceptors (Lipinski definition) is 3. The molecule has 1 fully saturated rings. The molecule has 0 bridgehead atoms. The minimum absolute atomic E-state index is 0.651. The van der Waals surface area contributed by atoms with Crippen molar-refractivity contribution in [3.05, 3.63) is 24.3 Å². The summed E-state index contributed by atoms with van der Waals surface area (Å²) in [6.45, 7) is 0.794. The molecule has 1 N–H and O–H groups in total. The molecule has 0 aliphatic heterocycles. The molecular weight excluding hydrogens is 188 g/mol. The van der Waals surface area contributed by atoms with Gasteiger partial charge in [0.2, 0.25) is 0 Å². The molecule has 3 rings (SSSR count). The van der Waals surface area contributed by atoms with E-state index < -0.39 is 0 Å². The van der Waals surface area contributed by atoms with Gasteiger partial charge in [0.1, 0.15) is 6.33 Å². The van der Waals surface area contributed by atoms with Crippen LogP contribution in [0.1, 0.15) is 18.7 Å². The summed E-state index contributed by atoms with van der Waals surface area (Å²) in [5.41, 5.74) is 0. The van der Waals surface area contributed by atoms with Gasteiger partial charge in [-0.3, -0.25) is 4.68 Å². The van der Waals surface area contributed by atoms with Gasteiger partial charge in [-0.25, -0.2) is 4.98 Å². The van der Waals surface area contributed by atoms with Gasteiger partial charge in [0.05, 0.1) is 6.54 Å². The van der Waals surface area contributed by atoms with E-state index in [2.05, 4.69) is 27.6 Å². The molecule has 4 heteroatoms. The van der Waals surface area contributed by atoms with E-state index in [1.54, 1.807) is 11.0 Å². The third-order valence-electron chi connectivity index (χ3n) is 3.53. The monoisotopic (exact) mass is 204 g/mol. The molecule has 0 radical (unpaired) electrons. The van der Waals surface area contributed by atoms with Crippen LogP contribution in [0.25, 0.3) is 0 Å². The van der Waals surface area contributed by atoms with E-state index >= 15 is 0 Å². The number of hydrogen-bond donors (Lipinski definition) is 1. The van der Waals surface area contributed by atoms with Gasteiger partial charge < -0.3 is 5.32 Å². The van der Waals surface area contributed by atoms with Crippen molar-refractivity contribution in [3.63, 3.8) is 0 Å². The zero-order valence-electron chi connectivity index (χ0n) is 8.93. The minimum atomic E-state index is 0.651. The summed E-state index contributed by atoms with van der Waals surface area (Å²) < 4.78 is 1.75. The van der Waals surface area contributed by atoms with Gasteiger partial charge in [0, 0.05) is 13.1 Å². The van der Waals surface area contributed by atoms with Crippen molar-refractivity contribution < 1.29 is 0 Å². The van der Waals surface area contributed by atoms with E-state index in [0.29, 0.717) is 6.04 Å². The van der Waals surface area contributed by atoms with Gasteiger partial charge in [-0.15, -0.1) is 0 Å². The van der Waals surface area contributed by atoms with Gasteiger partial charge >= 0.3 is 0 Å². The Morgan fingerprint density at radius 1 is 1.60 bits per heavy atom. The number of rotatable bonds is 3. The van der Waals surface area contributed by atoms with Crippen LogP contribution < -0.4 is 5.32 Å². The summed E-state index contributed by atoms with van der Waals surface area (Å²) in [5, 5.41) is 7.78. The van der Waals surface area contributed by atoms with E-state index in [4.69, 9.17) is 0 Å². The third-order valence-corrected chi connectivity index (χ3v) is 3.53. The highest BCUT2D eigenvalue weighted by atomic mass is 15.3. The smallest absolute Gasteiger partial charge is 0.164 e. The first-order valence-corrected chi connectivity index (χ1v) is 5.57. The maximum atomic E-state index is 4.25. The van der Waals surface area contributed by atoms with Crippen molar-refractivity contribution in [3.8, 4) is 0 Å². The van der Waals surface area contributed by atoms with E-state index in [1.165, 1.54) is 12.8 Å². The maximum Gasteiger partial charge on any atom is 0.164 e. The fourth-order valence-electron chi connectivity index (χ4n) is 2.63. The Hall–Kier alpha value is -1.16. The second-order valence-corrected chi connectivity index (χ2v) is 4.56. The molecule has 1 aromatic rings. The van der Waals surface area contributed by atoms with Gasteiger partial charge in [-0.2, -0.15) is 5.10 Å². The lowest BCUT2D eigenvalue weighted by atomic mass is 9.71. The van der Waals surface area contributed by atoms with Gasteiger partial charge in [0.25, 0.3) is 0 Å². The quantitative estimate of drug-likeness (QED) is 0.743. The highest BCUT2D eigenvalue weighted by Gasteiger charge is 2.40. The Kier molecular flexibility index (Phi) is 2.09. The van der Waals surface area contributed by atoms with E-state index in [1.807, 2.05) is 7.05 Å². The SMILES string of the molecule is Cn1cnc(CNC2CC3CC=CC32)n1. The largest absolute Gasteiger partial charge is 0.306 e. The summed E-state index contributed by atoms with van der Waals surface area (Å²) in [5.74, 6) is 2.58. The minimum Gasteiger partial charge on any atom is -0.306 e. The molecule has 0 saturated heterocycles. The molecule has 1 heterocycles. The van der Waals surface area contributed by atoms with E-state index in [-0.39, 0.29) is 0 Å². The summed E-state index contributed by atoms with van der Waals surface area (Å²) in [6, 6.07) is 0.651. The standard InChI is InChI=1S/C11H16N4/c1-15-7-13-11(14-15)6-12-10-5-8-3-2-4-9(8)10/h2,4,7-10,12H,3,5-6H2,1H3. The molecular formula is C11H16N4. The summed E-state index contributed by atoms with van der Waals surface area (Å²) >= 11 is 0. The number of aryl methyl sites for hydroxylation is 1.